The third-order valence-corrected chi connectivity index (χ3v) is 9.56. The standard InChI is InChI=1S/C5H12O5SSi4/c1-15(5-4-11-3-2-6)9-13-7-12-8-14-10-15/h6H,2-5H2,1H3. The van der Waals surface area contributed by atoms with E-state index in [1.165, 1.54) is 0 Å². The molecule has 1 N–H and O–H groups in total. The molecule has 0 unspecified atom stereocenters. The van der Waals surface area contributed by atoms with Crippen LogP contribution in [-0.2, 0) is 16.5 Å². The summed E-state index contributed by atoms with van der Waals surface area (Å²) >= 11 is 1.71. The predicted molar refractivity (Wildman–Crippen MR) is 62.4 cm³/mol. The Labute approximate surface area is 103 Å². The molecule has 0 atom stereocenters. The van der Waals surface area contributed by atoms with Crippen molar-refractivity contribution >= 4 is 50.3 Å². The van der Waals surface area contributed by atoms with Gasteiger partial charge < -0.3 is 21.6 Å². The molecule has 1 aliphatic rings. The molecule has 0 amide bonds. The molecule has 5 nitrogen and oxygen atoms in total. The van der Waals surface area contributed by atoms with Crippen LogP contribution in [0.2, 0.25) is 12.6 Å². The Kier molecular flexibility index (Phi) is 7.66. The van der Waals surface area contributed by atoms with Crippen LogP contribution in [0.15, 0.2) is 0 Å². The second kappa shape index (κ2) is 8.16. The Morgan fingerprint density at radius 2 is 1.80 bits per heavy atom. The van der Waals surface area contributed by atoms with E-state index in [0.29, 0.717) is 0 Å². The molecule has 10 heteroatoms. The van der Waals surface area contributed by atoms with Crippen molar-refractivity contribution in [1.82, 2.24) is 0 Å². The zero-order valence-corrected chi connectivity index (χ0v) is 13.1. The van der Waals surface area contributed by atoms with E-state index in [0.717, 1.165) is 17.5 Å². The van der Waals surface area contributed by atoms with Crippen LogP contribution in [-0.4, -0.2) is 61.8 Å². The third-order valence-electron chi connectivity index (χ3n) is 1.62. The summed E-state index contributed by atoms with van der Waals surface area (Å²) in [4.78, 5) is 0. The van der Waals surface area contributed by atoms with Gasteiger partial charge in [-0.3, -0.25) is 0 Å². The first kappa shape index (κ1) is 14.1. The van der Waals surface area contributed by atoms with Crippen LogP contribution < -0.4 is 0 Å². The summed E-state index contributed by atoms with van der Waals surface area (Å²) in [6.07, 6.45) is 0. The molecular weight excluding hydrogens is 284 g/mol. The molecule has 1 heterocycles. The summed E-state index contributed by atoms with van der Waals surface area (Å²) in [5.41, 5.74) is 0. The van der Waals surface area contributed by atoms with Gasteiger partial charge in [0.25, 0.3) is 0 Å². The van der Waals surface area contributed by atoms with Gasteiger partial charge in [0.15, 0.2) is 0 Å². The maximum atomic E-state index is 8.64. The SMILES string of the molecule is C[Si]1(CCSCCO)O[Si]O[Si]O[Si]O1. The quantitative estimate of drug-likeness (QED) is 0.543. The van der Waals surface area contributed by atoms with E-state index >= 15 is 0 Å². The maximum Gasteiger partial charge on any atom is 0.413 e. The van der Waals surface area contributed by atoms with Crippen LogP contribution in [0.3, 0.4) is 0 Å². The Morgan fingerprint density at radius 1 is 1.13 bits per heavy atom. The predicted octanol–water partition coefficient (Wildman–Crippen LogP) is -0.534. The largest absolute Gasteiger partial charge is 0.414 e. The summed E-state index contributed by atoms with van der Waals surface area (Å²) in [5.74, 6) is 1.71. The van der Waals surface area contributed by atoms with Crippen molar-refractivity contribution < 1.29 is 21.6 Å². The molecule has 0 spiro atoms. The van der Waals surface area contributed by atoms with Gasteiger partial charge in [0, 0.05) is 5.75 Å². The van der Waals surface area contributed by atoms with Gasteiger partial charge in [-0.2, -0.15) is 11.8 Å². The second-order valence-corrected chi connectivity index (χ2v) is 10.6. The second-order valence-electron chi connectivity index (χ2n) is 2.88. The lowest BCUT2D eigenvalue weighted by molar-refractivity contribution is 0.310. The van der Waals surface area contributed by atoms with Gasteiger partial charge in [-0.25, -0.2) is 0 Å². The summed E-state index contributed by atoms with van der Waals surface area (Å²) in [7, 11) is -2.02. The Hall–Kier alpha value is 1.02. The third kappa shape index (κ3) is 6.35. The smallest absolute Gasteiger partial charge is 0.413 e. The first-order valence-corrected chi connectivity index (χ1v) is 10.5. The van der Waals surface area contributed by atoms with Gasteiger partial charge in [-0.15, -0.1) is 0 Å². The number of aliphatic hydroxyl groups excluding tert-OH is 1. The highest BCUT2D eigenvalue weighted by Crippen LogP contribution is 2.17. The van der Waals surface area contributed by atoms with Gasteiger partial charge in [0.2, 0.25) is 0 Å². The minimum atomic E-state index is -2.09. The van der Waals surface area contributed by atoms with E-state index in [4.69, 9.17) is 21.6 Å². The lowest BCUT2D eigenvalue weighted by Gasteiger charge is -2.27. The fraction of sp³-hybridized carbons (Fsp3) is 1.00. The molecule has 0 bridgehead atoms. The van der Waals surface area contributed by atoms with Crippen molar-refractivity contribution in [2.45, 2.75) is 12.6 Å². The molecule has 1 aliphatic heterocycles. The molecule has 0 aliphatic carbocycles. The van der Waals surface area contributed by atoms with Crippen LogP contribution in [0.1, 0.15) is 0 Å². The van der Waals surface area contributed by atoms with Crippen LogP contribution in [0.25, 0.3) is 0 Å². The maximum absolute atomic E-state index is 8.64. The fourth-order valence-corrected chi connectivity index (χ4v) is 7.88. The molecule has 0 aromatic heterocycles. The monoisotopic (exact) mass is 296 g/mol. The zero-order chi connectivity index (χ0) is 11.0. The summed E-state index contributed by atoms with van der Waals surface area (Å²) in [6, 6.07) is 0.896. The summed E-state index contributed by atoms with van der Waals surface area (Å²) in [5, 5.41) is 8.64. The molecule has 1 fully saturated rings. The van der Waals surface area contributed by atoms with Gasteiger partial charge >= 0.3 is 38.6 Å². The van der Waals surface area contributed by atoms with Gasteiger partial charge in [-0.1, -0.05) is 0 Å². The van der Waals surface area contributed by atoms with Crippen molar-refractivity contribution in [2.75, 3.05) is 18.1 Å². The fourth-order valence-electron chi connectivity index (χ4n) is 0.820. The van der Waals surface area contributed by atoms with Crippen molar-refractivity contribution in [1.29, 1.82) is 0 Å². The van der Waals surface area contributed by atoms with E-state index < -0.39 is 8.56 Å². The van der Waals surface area contributed by atoms with Crippen molar-refractivity contribution in [3.63, 3.8) is 0 Å². The Bertz CT molecular complexity index is 168. The van der Waals surface area contributed by atoms with E-state index in [1.54, 1.807) is 11.8 Å². The lowest BCUT2D eigenvalue weighted by Crippen LogP contribution is -2.45. The molecule has 0 aromatic carbocycles. The van der Waals surface area contributed by atoms with Crippen molar-refractivity contribution in [3.05, 3.63) is 0 Å². The van der Waals surface area contributed by atoms with Gasteiger partial charge in [0.1, 0.15) is 0 Å². The summed E-state index contributed by atoms with van der Waals surface area (Å²) in [6.45, 7) is 2.25. The number of hydrogen-bond donors (Lipinski definition) is 1. The minimum Gasteiger partial charge on any atom is -0.414 e. The van der Waals surface area contributed by atoms with E-state index in [9.17, 15) is 0 Å². The molecular formula is C5H12O5SSi4. The van der Waals surface area contributed by atoms with Gasteiger partial charge in [0.05, 0.1) is 6.61 Å². The van der Waals surface area contributed by atoms with E-state index in [1.807, 2.05) is 6.55 Å². The zero-order valence-electron chi connectivity index (χ0n) is 8.32. The van der Waals surface area contributed by atoms with Crippen LogP contribution >= 0.6 is 11.8 Å². The van der Waals surface area contributed by atoms with E-state index in [2.05, 4.69) is 0 Å². The molecule has 84 valence electrons. The first-order valence-electron chi connectivity index (χ1n) is 4.38. The molecule has 1 saturated heterocycles. The summed E-state index contributed by atoms with van der Waals surface area (Å²) < 4.78 is 21.5. The van der Waals surface area contributed by atoms with Crippen LogP contribution in [0, 0.1) is 0 Å². The normalized spacial score (nSPS) is 22.0. The number of aliphatic hydroxyl groups is 1. The van der Waals surface area contributed by atoms with Gasteiger partial charge in [-0.05, 0) is 18.3 Å². The first-order chi connectivity index (χ1) is 7.27. The van der Waals surface area contributed by atoms with E-state index in [-0.39, 0.29) is 36.6 Å². The highest BCUT2D eigenvalue weighted by molar-refractivity contribution is 7.99. The van der Waals surface area contributed by atoms with Crippen LogP contribution in [0.4, 0.5) is 0 Å². The average Bonchev–Trinajstić information content (AvgIpc) is 2.20. The highest BCUT2D eigenvalue weighted by Gasteiger charge is 2.33. The Morgan fingerprint density at radius 3 is 2.40 bits per heavy atom. The molecule has 15 heavy (non-hydrogen) atoms. The van der Waals surface area contributed by atoms with Crippen molar-refractivity contribution in [2.24, 2.45) is 0 Å². The minimum absolute atomic E-state index is 0.0237. The molecule has 0 aromatic rings. The van der Waals surface area contributed by atoms with Crippen molar-refractivity contribution in [3.8, 4) is 0 Å². The average molecular weight is 297 g/mol. The lowest BCUT2D eigenvalue weighted by atomic mass is 10.9. The topological polar surface area (TPSA) is 57.2 Å². The molecule has 1 rings (SSSR count). The number of rotatable bonds is 5. The number of hydrogen-bond acceptors (Lipinski definition) is 6. The Balaban J connectivity index is 2.21. The van der Waals surface area contributed by atoms with Crippen LogP contribution in [0.5, 0.6) is 0 Å². The molecule has 0 saturated carbocycles. The highest BCUT2D eigenvalue weighted by atomic mass is 32.2. The molecule has 6 radical (unpaired) electrons. The number of thioether (sulfide) groups is 1.